The van der Waals surface area contributed by atoms with Gasteiger partial charge in [-0.15, -0.1) is 0 Å². The van der Waals surface area contributed by atoms with Crippen LogP contribution in [0.25, 0.3) is 0 Å². The Morgan fingerprint density at radius 2 is 0.684 bits per heavy atom. The highest BCUT2D eigenvalue weighted by Gasteiger charge is 2.27. The highest BCUT2D eigenvalue weighted by atomic mass is 32.2. The Hall–Kier alpha value is -2.54. The van der Waals surface area contributed by atoms with E-state index in [-0.39, 0.29) is 26.4 Å². The average molecular weight is 597 g/mol. The summed E-state index contributed by atoms with van der Waals surface area (Å²) in [4.78, 5) is 50.5. The summed E-state index contributed by atoms with van der Waals surface area (Å²) in [5, 5.41) is 0. The minimum Gasteiger partial charge on any atom is -0.463 e. The van der Waals surface area contributed by atoms with Crippen molar-refractivity contribution in [3.63, 3.8) is 0 Å². The normalized spacial score (nSPS) is 16.1. The molecule has 0 aromatic rings. The zero-order valence-corrected chi connectivity index (χ0v) is 24.6. The molecule has 2 aliphatic rings. The number of hydrogen-bond donors (Lipinski definition) is 0. The Balaban J connectivity index is 2.35. The van der Waals surface area contributed by atoms with Gasteiger partial charge in [0.25, 0.3) is 0 Å². The standard InChI is InChI=1S/C26H28O8S4/c1-5-31-21(27)13-9-17-18(10-14-22(28)32-6-2)36-25(35-17)26-37-19(11-15-23(29)33-7-3)20(38-26)12-16-24(30)34-8-4/h9-16H,5-8H2,1-4H3/b13-9+,14-10+,15-11+,16-12+. The lowest BCUT2D eigenvalue weighted by Gasteiger charge is -2.01. The van der Waals surface area contributed by atoms with Gasteiger partial charge in [0.1, 0.15) is 0 Å². The van der Waals surface area contributed by atoms with Crippen LogP contribution in [0.15, 0.2) is 76.7 Å². The zero-order chi connectivity index (χ0) is 27.9. The highest BCUT2D eigenvalue weighted by Crippen LogP contribution is 2.60. The number of allylic oxidation sites excluding steroid dienone is 4. The molecular formula is C26H28O8S4. The largest absolute Gasteiger partial charge is 0.463 e. The molecule has 0 saturated heterocycles. The van der Waals surface area contributed by atoms with Crippen molar-refractivity contribution in [2.45, 2.75) is 27.7 Å². The Kier molecular flexibility index (Phi) is 14.3. The Morgan fingerprint density at radius 1 is 0.474 bits per heavy atom. The van der Waals surface area contributed by atoms with Crippen LogP contribution in [-0.4, -0.2) is 50.3 Å². The van der Waals surface area contributed by atoms with Crippen LogP contribution in [0.4, 0.5) is 0 Å². The molecule has 2 rings (SSSR count). The van der Waals surface area contributed by atoms with Crippen LogP contribution in [0, 0.1) is 0 Å². The monoisotopic (exact) mass is 596 g/mol. The van der Waals surface area contributed by atoms with Gasteiger partial charge in [0, 0.05) is 43.9 Å². The number of thioether (sulfide) groups is 4. The lowest BCUT2D eigenvalue weighted by atomic mass is 10.4. The first-order valence-electron chi connectivity index (χ1n) is 11.6. The van der Waals surface area contributed by atoms with Crippen molar-refractivity contribution in [1.82, 2.24) is 0 Å². The molecule has 8 nitrogen and oxygen atoms in total. The van der Waals surface area contributed by atoms with Crippen LogP contribution in [0.2, 0.25) is 0 Å². The van der Waals surface area contributed by atoms with E-state index in [1.165, 1.54) is 71.4 Å². The van der Waals surface area contributed by atoms with Crippen LogP contribution < -0.4 is 0 Å². The van der Waals surface area contributed by atoms with Gasteiger partial charge in [-0.3, -0.25) is 0 Å². The summed E-state index contributed by atoms with van der Waals surface area (Å²) in [6.45, 7) is 7.96. The number of ether oxygens (including phenoxy) is 4. The van der Waals surface area contributed by atoms with Crippen molar-refractivity contribution in [3.8, 4) is 0 Å². The fourth-order valence-electron chi connectivity index (χ4n) is 2.61. The van der Waals surface area contributed by atoms with Crippen LogP contribution in [0.3, 0.4) is 0 Å². The summed E-state index contributed by atoms with van der Waals surface area (Å²) < 4.78 is 21.7. The van der Waals surface area contributed by atoms with Gasteiger partial charge < -0.3 is 18.9 Å². The molecule has 204 valence electrons. The Bertz CT molecular complexity index is 970. The topological polar surface area (TPSA) is 105 Å². The van der Waals surface area contributed by atoms with Gasteiger partial charge >= 0.3 is 23.9 Å². The summed E-state index contributed by atoms with van der Waals surface area (Å²) in [5.41, 5.74) is 0. The van der Waals surface area contributed by atoms with E-state index < -0.39 is 23.9 Å². The van der Waals surface area contributed by atoms with Gasteiger partial charge in [-0.2, -0.15) is 0 Å². The molecule has 2 heterocycles. The number of rotatable bonds is 12. The molecule has 0 amide bonds. The molecule has 0 atom stereocenters. The highest BCUT2D eigenvalue weighted by molar-refractivity contribution is 8.34. The molecule has 0 radical (unpaired) electrons. The second-order valence-electron chi connectivity index (χ2n) is 6.78. The molecule has 0 unspecified atom stereocenters. The van der Waals surface area contributed by atoms with Crippen molar-refractivity contribution in [1.29, 1.82) is 0 Å². The lowest BCUT2D eigenvalue weighted by molar-refractivity contribution is -0.138. The minimum atomic E-state index is -0.468. The summed E-state index contributed by atoms with van der Waals surface area (Å²) in [5.74, 6) is -1.87. The maximum atomic E-state index is 11.9. The van der Waals surface area contributed by atoms with E-state index in [0.29, 0.717) is 0 Å². The van der Waals surface area contributed by atoms with Gasteiger partial charge in [0.15, 0.2) is 0 Å². The molecule has 0 bridgehead atoms. The van der Waals surface area contributed by atoms with E-state index in [1.54, 1.807) is 52.0 Å². The van der Waals surface area contributed by atoms with E-state index in [9.17, 15) is 19.2 Å². The van der Waals surface area contributed by atoms with Gasteiger partial charge in [-0.25, -0.2) is 19.2 Å². The van der Waals surface area contributed by atoms with E-state index in [4.69, 9.17) is 18.9 Å². The molecule has 0 fully saturated rings. The Labute approximate surface area is 239 Å². The summed E-state index contributed by atoms with van der Waals surface area (Å²) >= 11 is 5.74. The van der Waals surface area contributed by atoms with Crippen LogP contribution >= 0.6 is 47.0 Å². The maximum absolute atomic E-state index is 11.9. The third-order valence-electron chi connectivity index (χ3n) is 4.09. The minimum absolute atomic E-state index is 0.262. The lowest BCUT2D eigenvalue weighted by Crippen LogP contribution is -1.99. The third kappa shape index (κ3) is 10.7. The number of esters is 4. The van der Waals surface area contributed by atoms with Crippen LogP contribution in [-0.2, 0) is 38.1 Å². The molecule has 2 aliphatic heterocycles. The molecule has 0 aliphatic carbocycles. The fraction of sp³-hybridized carbons (Fsp3) is 0.308. The van der Waals surface area contributed by atoms with Crippen molar-refractivity contribution in [3.05, 3.63) is 76.7 Å². The quantitative estimate of drug-likeness (QED) is 0.150. The smallest absolute Gasteiger partial charge is 0.330 e. The van der Waals surface area contributed by atoms with Gasteiger partial charge in [-0.1, -0.05) is 47.0 Å². The SMILES string of the molecule is CCOC(=O)/C=C/C1=C(/C=C/C(=O)OCC)SC(=C2SC(/C=C/C(=O)OCC)=C(/C=C/C(=O)OCC)S2)S1. The molecule has 0 spiro atoms. The summed E-state index contributed by atoms with van der Waals surface area (Å²) in [6.07, 6.45) is 11.9. The molecular weight excluding hydrogens is 569 g/mol. The first-order chi connectivity index (χ1) is 18.3. The molecule has 38 heavy (non-hydrogen) atoms. The molecule has 0 aromatic heterocycles. The fourth-order valence-corrected chi connectivity index (χ4v) is 7.87. The van der Waals surface area contributed by atoms with Crippen molar-refractivity contribution < 1.29 is 38.1 Å². The molecule has 0 N–H and O–H groups in total. The van der Waals surface area contributed by atoms with Gasteiger partial charge in [-0.05, 0) is 52.0 Å². The maximum Gasteiger partial charge on any atom is 0.330 e. The molecule has 12 heteroatoms. The van der Waals surface area contributed by atoms with Crippen molar-refractivity contribution >= 4 is 70.9 Å². The summed E-state index contributed by atoms with van der Waals surface area (Å²) in [7, 11) is 0. The first kappa shape index (κ1) is 31.7. The van der Waals surface area contributed by atoms with E-state index >= 15 is 0 Å². The number of carbonyl (C=O) groups excluding carboxylic acids is 4. The second-order valence-corrected chi connectivity index (χ2v) is 11.5. The number of hydrogen-bond acceptors (Lipinski definition) is 12. The van der Waals surface area contributed by atoms with Crippen molar-refractivity contribution in [2.75, 3.05) is 26.4 Å². The predicted octanol–water partition coefficient (Wildman–Crippen LogP) is 5.97. The average Bonchev–Trinajstić information content (AvgIpc) is 3.48. The molecule has 0 saturated carbocycles. The summed E-state index contributed by atoms with van der Waals surface area (Å²) in [6, 6.07) is 0. The molecule has 0 aromatic carbocycles. The van der Waals surface area contributed by atoms with Crippen LogP contribution in [0.5, 0.6) is 0 Å². The zero-order valence-electron chi connectivity index (χ0n) is 21.3. The van der Waals surface area contributed by atoms with E-state index in [2.05, 4.69) is 0 Å². The van der Waals surface area contributed by atoms with E-state index in [1.807, 2.05) is 0 Å². The predicted molar refractivity (Wildman–Crippen MR) is 155 cm³/mol. The van der Waals surface area contributed by atoms with Gasteiger partial charge in [0.05, 0.1) is 34.9 Å². The number of carbonyl (C=O) groups is 4. The van der Waals surface area contributed by atoms with E-state index in [0.717, 1.165) is 28.1 Å². The van der Waals surface area contributed by atoms with Crippen molar-refractivity contribution in [2.24, 2.45) is 0 Å². The first-order valence-corrected chi connectivity index (χ1v) is 14.9. The van der Waals surface area contributed by atoms with Crippen LogP contribution in [0.1, 0.15) is 27.7 Å². The van der Waals surface area contributed by atoms with Gasteiger partial charge in [0.2, 0.25) is 0 Å². The second kappa shape index (κ2) is 17.1. The Morgan fingerprint density at radius 3 is 0.868 bits per heavy atom. The third-order valence-corrected chi connectivity index (χ3v) is 9.73.